The quantitative estimate of drug-likeness (QED) is 0.363. The Kier molecular flexibility index (Phi) is 6.54. The summed E-state index contributed by atoms with van der Waals surface area (Å²) in [6.45, 7) is 6.30. The molecule has 0 aliphatic heterocycles. The number of aromatic hydroxyl groups is 1. The van der Waals surface area contributed by atoms with Crippen LogP contribution < -0.4 is 5.73 Å². The van der Waals surface area contributed by atoms with Crippen molar-refractivity contribution in [3.63, 3.8) is 0 Å². The molecule has 0 heterocycles. The summed E-state index contributed by atoms with van der Waals surface area (Å²) >= 11 is 0. The zero-order chi connectivity index (χ0) is 28.6. The predicted octanol–water partition coefficient (Wildman–Crippen LogP) is 1.32. The number of Topliss-reactive ketones (excluding diaryl/α,β-unsaturated/α-hetero) is 2. The van der Waals surface area contributed by atoms with Gasteiger partial charge in [0.25, 0.3) is 5.91 Å². The summed E-state index contributed by atoms with van der Waals surface area (Å²) in [6.07, 6.45) is 0.338. The standard InChI is InChI=1S/C28H37N3O7/c1-27(2,3)16-10-13(11-30(4)5)14-8-12-9-15-20(31(6)7)23(34)19(26(29)37)25(36)28(15,38)24(35)17(12)22(33)18(14)21(16)32/h10,12,15,20,32-33,36,38H,8-9,11H2,1-7H3,(H2,29,37)/t12-,15-,20?,28-/m1/s1. The largest absolute Gasteiger partial charge is 0.508 e. The number of aliphatic hydroxyl groups excluding tert-OH is 2. The molecule has 0 saturated heterocycles. The van der Waals surface area contributed by atoms with Gasteiger partial charge in [-0.2, -0.15) is 0 Å². The van der Waals surface area contributed by atoms with Crippen molar-refractivity contribution in [1.29, 1.82) is 0 Å². The first kappa shape index (κ1) is 27.8. The van der Waals surface area contributed by atoms with E-state index < -0.39 is 63.5 Å². The van der Waals surface area contributed by atoms with E-state index in [1.807, 2.05) is 45.8 Å². The third-order valence-electron chi connectivity index (χ3n) is 8.11. The van der Waals surface area contributed by atoms with Gasteiger partial charge in [0.1, 0.15) is 22.8 Å². The number of hydrogen-bond donors (Lipinski definition) is 5. The summed E-state index contributed by atoms with van der Waals surface area (Å²) in [5.74, 6) is -6.43. The van der Waals surface area contributed by atoms with Gasteiger partial charge in [0.2, 0.25) is 5.78 Å². The predicted molar refractivity (Wildman–Crippen MR) is 140 cm³/mol. The number of primary amides is 1. The Morgan fingerprint density at radius 3 is 2.24 bits per heavy atom. The summed E-state index contributed by atoms with van der Waals surface area (Å²) in [4.78, 5) is 42.8. The molecule has 1 unspecified atom stereocenters. The van der Waals surface area contributed by atoms with Gasteiger partial charge in [-0.1, -0.05) is 20.8 Å². The van der Waals surface area contributed by atoms with E-state index in [0.717, 1.165) is 5.56 Å². The molecule has 1 fully saturated rings. The zero-order valence-electron chi connectivity index (χ0n) is 22.9. The van der Waals surface area contributed by atoms with Crippen molar-refractivity contribution in [2.45, 2.75) is 57.2 Å². The summed E-state index contributed by atoms with van der Waals surface area (Å²) in [5.41, 5.74) is 3.58. The Labute approximate surface area is 222 Å². The molecule has 0 bridgehead atoms. The maximum absolute atomic E-state index is 14.0. The number of likely N-dealkylation sites (N-methyl/N-ethyl adjacent to an activating group) is 1. The number of rotatable bonds is 4. The molecule has 0 radical (unpaired) electrons. The van der Waals surface area contributed by atoms with Crippen LogP contribution in [0.4, 0.5) is 0 Å². The lowest BCUT2D eigenvalue weighted by Crippen LogP contribution is -2.65. The average molecular weight is 528 g/mol. The SMILES string of the molecule is CN(C)Cc1cc(C(C)(C)C)c(O)c2c1C[C@@H]1C[C@@H]3C(N(C)C)C(=O)C(C(N)=O)=C(O)[C@]3(O)C(=O)C1=C2O. The van der Waals surface area contributed by atoms with E-state index in [4.69, 9.17) is 5.73 Å². The molecule has 3 aliphatic carbocycles. The van der Waals surface area contributed by atoms with Gasteiger partial charge in [0.15, 0.2) is 11.4 Å². The average Bonchev–Trinajstić information content (AvgIpc) is 2.76. The molecule has 4 rings (SSSR count). The van der Waals surface area contributed by atoms with Crippen LogP contribution in [0, 0.1) is 11.8 Å². The molecule has 3 aliphatic rings. The molecular formula is C28H37N3O7. The van der Waals surface area contributed by atoms with Gasteiger partial charge in [-0.25, -0.2) is 0 Å². The van der Waals surface area contributed by atoms with Crippen molar-refractivity contribution in [2.24, 2.45) is 17.6 Å². The molecule has 10 heteroatoms. The lowest BCUT2D eigenvalue weighted by atomic mass is 9.57. The number of ketones is 2. The lowest BCUT2D eigenvalue weighted by Gasteiger charge is -2.50. The summed E-state index contributed by atoms with van der Waals surface area (Å²) in [6, 6.07) is 0.818. The molecule has 6 N–H and O–H groups in total. The minimum Gasteiger partial charge on any atom is -0.508 e. The molecule has 0 aromatic heterocycles. The van der Waals surface area contributed by atoms with Crippen LogP contribution in [0.25, 0.3) is 5.76 Å². The number of carbonyl (C=O) groups excluding carboxylic acids is 3. The van der Waals surface area contributed by atoms with Gasteiger partial charge in [-0.15, -0.1) is 0 Å². The number of phenolic OH excluding ortho intramolecular Hbond substituents is 1. The van der Waals surface area contributed by atoms with E-state index >= 15 is 0 Å². The molecule has 4 atom stereocenters. The fraction of sp³-hybridized carbons (Fsp3) is 0.536. The van der Waals surface area contributed by atoms with E-state index in [1.54, 1.807) is 14.1 Å². The summed E-state index contributed by atoms with van der Waals surface area (Å²) in [7, 11) is 6.97. The second-order valence-electron chi connectivity index (χ2n) is 12.2. The van der Waals surface area contributed by atoms with Crippen LogP contribution in [0.3, 0.4) is 0 Å². The van der Waals surface area contributed by atoms with Crippen LogP contribution in [0.1, 0.15) is 49.4 Å². The molecule has 1 amide bonds. The Morgan fingerprint density at radius 2 is 1.74 bits per heavy atom. The van der Waals surface area contributed by atoms with E-state index in [-0.39, 0.29) is 29.7 Å². The van der Waals surface area contributed by atoms with E-state index in [0.29, 0.717) is 17.7 Å². The van der Waals surface area contributed by atoms with Crippen molar-refractivity contribution in [3.05, 3.63) is 45.2 Å². The van der Waals surface area contributed by atoms with Crippen LogP contribution in [0.5, 0.6) is 5.75 Å². The highest BCUT2D eigenvalue weighted by Gasteiger charge is 2.64. The van der Waals surface area contributed by atoms with Crippen LogP contribution in [-0.2, 0) is 32.8 Å². The van der Waals surface area contributed by atoms with E-state index in [1.165, 1.54) is 4.90 Å². The van der Waals surface area contributed by atoms with Gasteiger partial charge < -0.3 is 31.1 Å². The number of nitrogens with two attached hydrogens (primary N) is 1. The summed E-state index contributed by atoms with van der Waals surface area (Å²) < 4.78 is 0. The molecule has 1 aromatic rings. The molecule has 1 aromatic carbocycles. The Morgan fingerprint density at radius 1 is 1.13 bits per heavy atom. The number of phenols is 1. The van der Waals surface area contributed by atoms with Crippen LogP contribution >= 0.6 is 0 Å². The van der Waals surface area contributed by atoms with E-state index in [2.05, 4.69) is 0 Å². The second-order valence-corrected chi connectivity index (χ2v) is 12.2. The molecule has 38 heavy (non-hydrogen) atoms. The fourth-order valence-electron chi connectivity index (χ4n) is 6.44. The van der Waals surface area contributed by atoms with Crippen LogP contribution in [-0.4, -0.2) is 87.5 Å². The van der Waals surface area contributed by atoms with Gasteiger partial charge in [-0.3, -0.25) is 19.3 Å². The minimum absolute atomic E-state index is 0.0644. The lowest BCUT2D eigenvalue weighted by molar-refractivity contribution is -0.153. The molecule has 10 nitrogen and oxygen atoms in total. The Bertz CT molecular complexity index is 1320. The molecule has 206 valence electrons. The van der Waals surface area contributed by atoms with Crippen molar-refractivity contribution in [3.8, 4) is 5.75 Å². The number of fused-ring (bicyclic) bond motifs is 3. The second kappa shape index (κ2) is 8.93. The number of amides is 1. The first-order valence-electron chi connectivity index (χ1n) is 12.6. The maximum Gasteiger partial charge on any atom is 0.255 e. The minimum atomic E-state index is -2.64. The van der Waals surface area contributed by atoms with Crippen molar-refractivity contribution >= 4 is 23.2 Å². The number of aliphatic hydroxyl groups is 3. The third kappa shape index (κ3) is 3.85. The number of nitrogens with zero attached hydrogens (tertiary/aromatic N) is 2. The molecule has 1 saturated carbocycles. The maximum atomic E-state index is 14.0. The van der Waals surface area contributed by atoms with Crippen LogP contribution in [0.15, 0.2) is 23.0 Å². The number of carbonyl (C=O) groups is 3. The monoisotopic (exact) mass is 527 g/mol. The molecule has 0 spiro atoms. The summed E-state index contributed by atoms with van der Waals surface area (Å²) in [5, 5.41) is 45.6. The highest BCUT2D eigenvalue weighted by Crippen LogP contribution is 2.54. The highest BCUT2D eigenvalue weighted by molar-refractivity contribution is 6.24. The highest BCUT2D eigenvalue weighted by atomic mass is 16.3. The van der Waals surface area contributed by atoms with Crippen molar-refractivity contribution < 1.29 is 34.8 Å². The van der Waals surface area contributed by atoms with Crippen LogP contribution in [0.2, 0.25) is 0 Å². The van der Waals surface area contributed by atoms with Gasteiger partial charge in [-0.05, 0) is 69.6 Å². The van der Waals surface area contributed by atoms with Gasteiger partial charge in [0, 0.05) is 23.6 Å². The topological polar surface area (TPSA) is 165 Å². The van der Waals surface area contributed by atoms with Crippen molar-refractivity contribution in [2.75, 3.05) is 28.2 Å². The first-order valence-corrected chi connectivity index (χ1v) is 12.6. The Hall–Kier alpha value is -3.21. The van der Waals surface area contributed by atoms with Gasteiger partial charge >= 0.3 is 0 Å². The normalized spacial score (nSPS) is 27.6. The first-order chi connectivity index (χ1) is 17.4. The zero-order valence-corrected chi connectivity index (χ0v) is 22.9. The van der Waals surface area contributed by atoms with Crippen molar-refractivity contribution in [1.82, 2.24) is 9.80 Å². The number of hydrogen-bond acceptors (Lipinski definition) is 9. The smallest absolute Gasteiger partial charge is 0.255 e. The third-order valence-corrected chi connectivity index (χ3v) is 8.11. The number of benzene rings is 1. The fourth-order valence-corrected chi connectivity index (χ4v) is 6.44. The van der Waals surface area contributed by atoms with Gasteiger partial charge in [0.05, 0.1) is 11.6 Å². The van der Waals surface area contributed by atoms with E-state index in [9.17, 15) is 34.8 Å². The molecular weight excluding hydrogens is 490 g/mol. The Balaban J connectivity index is 2.02.